The Morgan fingerprint density at radius 3 is 2.58 bits per heavy atom. The van der Waals surface area contributed by atoms with Crippen LogP contribution in [0.4, 0.5) is 0 Å². The maximum absolute atomic E-state index is 5.68. The van der Waals surface area contributed by atoms with Gasteiger partial charge in [-0.15, -0.1) is 0 Å². The molecule has 1 rings (SSSR count). The lowest BCUT2D eigenvalue weighted by Gasteiger charge is -2.23. The van der Waals surface area contributed by atoms with Gasteiger partial charge in [0.2, 0.25) is 5.88 Å². The van der Waals surface area contributed by atoms with Crippen LogP contribution in [-0.4, -0.2) is 13.2 Å². The van der Waals surface area contributed by atoms with Crippen molar-refractivity contribution in [2.24, 2.45) is 0 Å². The molecule has 0 bridgehead atoms. The van der Waals surface area contributed by atoms with E-state index in [4.69, 9.17) is 25.7 Å². The second kappa shape index (κ2) is 8.33. The molecular formula is C13H20NO3PS. The van der Waals surface area contributed by atoms with Crippen LogP contribution < -0.4 is 10.8 Å². The van der Waals surface area contributed by atoms with Gasteiger partial charge in [0.25, 0.3) is 6.49 Å². The predicted octanol–water partition coefficient (Wildman–Crippen LogP) is 3.08. The molecule has 19 heavy (non-hydrogen) atoms. The Hall–Kier alpha value is -0.870. The maximum Gasteiger partial charge on any atom is 0.270 e. The molecule has 1 atom stereocenters. The zero-order valence-electron chi connectivity index (χ0n) is 11.3. The summed E-state index contributed by atoms with van der Waals surface area (Å²) in [4.78, 5) is 5.15. The van der Waals surface area contributed by atoms with Gasteiger partial charge in [-0.2, -0.15) is 0 Å². The van der Waals surface area contributed by atoms with E-state index in [1.807, 2.05) is 44.2 Å². The zero-order valence-corrected chi connectivity index (χ0v) is 13.0. The summed E-state index contributed by atoms with van der Waals surface area (Å²) in [5.74, 6) is 0.272. The first-order chi connectivity index (χ1) is 9.12. The topological polar surface area (TPSA) is 39.7 Å². The molecule has 1 aromatic rings. The van der Waals surface area contributed by atoms with Crippen molar-refractivity contribution in [2.45, 2.75) is 20.3 Å². The highest BCUT2D eigenvalue weighted by molar-refractivity contribution is 8.13. The summed E-state index contributed by atoms with van der Waals surface area (Å²) in [6, 6.07) is 9.53. The third-order valence-corrected chi connectivity index (χ3v) is 5.26. The van der Waals surface area contributed by atoms with Crippen molar-refractivity contribution in [2.75, 3.05) is 13.2 Å². The van der Waals surface area contributed by atoms with Crippen LogP contribution in [-0.2, 0) is 25.7 Å². The van der Waals surface area contributed by atoms with Crippen LogP contribution >= 0.6 is 6.49 Å². The van der Waals surface area contributed by atoms with Crippen LogP contribution in [0.2, 0.25) is 0 Å². The molecule has 0 saturated carbocycles. The molecule has 0 saturated heterocycles. The number of hydroxylamine groups is 1. The van der Waals surface area contributed by atoms with E-state index in [1.54, 1.807) is 0 Å². The average molecular weight is 301 g/mol. The Kier molecular flexibility index (Phi) is 7.10. The third kappa shape index (κ3) is 5.33. The van der Waals surface area contributed by atoms with Gasteiger partial charge in [-0.1, -0.05) is 25.1 Å². The summed E-state index contributed by atoms with van der Waals surface area (Å²) in [5.41, 5.74) is 2.63. The van der Waals surface area contributed by atoms with Crippen molar-refractivity contribution in [3.63, 3.8) is 0 Å². The van der Waals surface area contributed by atoms with Gasteiger partial charge in [0.1, 0.15) is 0 Å². The molecule has 0 aliphatic carbocycles. The predicted molar refractivity (Wildman–Crippen MR) is 81.6 cm³/mol. The Labute approximate surface area is 119 Å². The molecule has 106 valence electrons. The van der Waals surface area contributed by atoms with Crippen LogP contribution in [0.25, 0.3) is 0 Å². The third-order valence-electron chi connectivity index (χ3n) is 2.09. The maximum atomic E-state index is 5.68. The van der Waals surface area contributed by atoms with E-state index in [9.17, 15) is 0 Å². The summed E-state index contributed by atoms with van der Waals surface area (Å²) in [5, 5.41) is 0.852. The normalized spacial score (nSPS) is 13.6. The highest BCUT2D eigenvalue weighted by Crippen LogP contribution is 2.48. The first kappa shape index (κ1) is 16.2. The van der Waals surface area contributed by atoms with Crippen molar-refractivity contribution < 1.29 is 13.9 Å². The molecule has 0 amide bonds. The lowest BCUT2D eigenvalue weighted by Crippen LogP contribution is -2.18. The van der Waals surface area contributed by atoms with Crippen LogP contribution in [0.1, 0.15) is 20.3 Å². The minimum atomic E-state index is -2.59. The van der Waals surface area contributed by atoms with Gasteiger partial charge in [0.05, 0.1) is 13.2 Å². The van der Waals surface area contributed by atoms with E-state index >= 15 is 0 Å². The van der Waals surface area contributed by atoms with Crippen LogP contribution in [0.3, 0.4) is 0 Å². The number of hydrogen-bond donors (Lipinski definition) is 1. The van der Waals surface area contributed by atoms with Crippen molar-refractivity contribution >= 4 is 23.6 Å². The smallest absolute Gasteiger partial charge is 0.270 e. The Balaban J connectivity index is 2.72. The summed E-state index contributed by atoms with van der Waals surface area (Å²) in [6.07, 6.45) is 0.901. The second-order valence-electron chi connectivity index (χ2n) is 3.72. The largest absolute Gasteiger partial charge is 0.423 e. The Bertz CT molecular complexity index is 439. The van der Waals surface area contributed by atoms with Gasteiger partial charge >= 0.3 is 0 Å². The summed E-state index contributed by atoms with van der Waals surface area (Å²) in [7, 11) is 0. The lowest BCUT2D eigenvalue weighted by atomic mass is 10.4. The number of rotatable bonds is 9. The monoisotopic (exact) mass is 301 g/mol. The first-order valence-electron chi connectivity index (χ1n) is 6.19. The summed E-state index contributed by atoms with van der Waals surface area (Å²) in [6.45, 7) is 6.11. The fraction of sp³-hybridized carbons (Fsp3) is 0.385. The quantitative estimate of drug-likeness (QED) is 0.328. The highest BCUT2D eigenvalue weighted by Gasteiger charge is 2.23. The standard InChI is InChI=1S/C13H20NO3PS/c1-4-11-15-14-12(3)17-18(19,16-5-2)13-9-7-6-8-10-13/h6-10,14H,3-5,11H2,1-2H3. The Morgan fingerprint density at radius 1 is 1.32 bits per heavy atom. The molecule has 0 spiro atoms. The molecule has 0 aliphatic heterocycles. The van der Waals surface area contributed by atoms with E-state index in [2.05, 4.69) is 12.1 Å². The minimum absolute atomic E-state index is 0.272. The van der Waals surface area contributed by atoms with E-state index in [0.29, 0.717) is 13.2 Å². The van der Waals surface area contributed by atoms with Gasteiger partial charge in [0.15, 0.2) is 0 Å². The molecule has 1 aromatic carbocycles. The zero-order chi connectivity index (χ0) is 14.1. The molecule has 0 aromatic heterocycles. The fourth-order valence-corrected chi connectivity index (χ4v) is 3.79. The van der Waals surface area contributed by atoms with Crippen molar-refractivity contribution in [3.05, 3.63) is 42.8 Å². The van der Waals surface area contributed by atoms with E-state index in [-0.39, 0.29) is 5.88 Å². The fourth-order valence-electron chi connectivity index (χ4n) is 1.33. The SMILES string of the molecule is C=C(NOCCC)OP(=S)(OCC)c1ccccc1. The number of benzene rings is 1. The van der Waals surface area contributed by atoms with E-state index < -0.39 is 6.49 Å². The molecule has 1 unspecified atom stereocenters. The second-order valence-corrected chi connectivity index (χ2v) is 7.11. The number of nitrogens with one attached hydrogen (secondary N) is 1. The van der Waals surface area contributed by atoms with Gasteiger partial charge in [-0.3, -0.25) is 4.84 Å². The van der Waals surface area contributed by atoms with Crippen molar-refractivity contribution in [3.8, 4) is 0 Å². The Morgan fingerprint density at radius 2 is 2.00 bits per heavy atom. The summed E-state index contributed by atoms with van der Waals surface area (Å²) >= 11 is 5.53. The molecule has 0 heterocycles. The number of hydrogen-bond acceptors (Lipinski definition) is 5. The van der Waals surface area contributed by atoms with Crippen molar-refractivity contribution in [1.82, 2.24) is 5.48 Å². The van der Waals surface area contributed by atoms with Crippen LogP contribution in [0.5, 0.6) is 0 Å². The van der Waals surface area contributed by atoms with Gasteiger partial charge < -0.3 is 9.05 Å². The molecule has 1 N–H and O–H groups in total. The molecular weight excluding hydrogens is 281 g/mol. The van der Waals surface area contributed by atoms with E-state index in [0.717, 1.165) is 11.7 Å². The lowest BCUT2D eigenvalue weighted by molar-refractivity contribution is 0.0382. The van der Waals surface area contributed by atoms with Gasteiger partial charge in [-0.25, -0.2) is 5.48 Å². The van der Waals surface area contributed by atoms with Crippen LogP contribution in [0.15, 0.2) is 42.8 Å². The molecule has 0 radical (unpaired) electrons. The molecule has 0 fully saturated rings. The molecule has 4 nitrogen and oxygen atoms in total. The molecule has 6 heteroatoms. The minimum Gasteiger partial charge on any atom is -0.423 e. The summed E-state index contributed by atoms with van der Waals surface area (Å²) < 4.78 is 11.3. The highest BCUT2D eigenvalue weighted by atomic mass is 32.5. The first-order valence-corrected chi connectivity index (χ1v) is 8.82. The van der Waals surface area contributed by atoms with Crippen molar-refractivity contribution in [1.29, 1.82) is 0 Å². The van der Waals surface area contributed by atoms with Crippen LogP contribution in [0, 0.1) is 0 Å². The van der Waals surface area contributed by atoms with Gasteiger partial charge in [-0.05, 0) is 43.9 Å². The van der Waals surface area contributed by atoms with E-state index in [1.165, 1.54) is 0 Å². The molecule has 0 aliphatic rings. The average Bonchev–Trinajstić information content (AvgIpc) is 2.40. The van der Waals surface area contributed by atoms with Gasteiger partial charge in [0, 0.05) is 5.30 Å².